The molecule has 3 nitrogen and oxygen atoms in total. The lowest BCUT2D eigenvalue weighted by molar-refractivity contribution is 0.307. The van der Waals surface area contributed by atoms with Crippen molar-refractivity contribution in [1.82, 2.24) is 0 Å². The molecule has 0 bridgehead atoms. The van der Waals surface area contributed by atoms with Gasteiger partial charge in [0.1, 0.15) is 17.9 Å². The number of hydrogen-bond acceptors (Lipinski definition) is 3. The smallest absolute Gasteiger partial charge is 0.339 e. The minimum atomic E-state index is -0.294. The van der Waals surface area contributed by atoms with Crippen molar-refractivity contribution in [2.75, 3.05) is 0 Å². The Labute approximate surface area is 151 Å². The largest absolute Gasteiger partial charge is 0.489 e. The topological polar surface area (TPSA) is 39.4 Å². The summed E-state index contributed by atoms with van der Waals surface area (Å²) >= 11 is 0. The van der Waals surface area contributed by atoms with Gasteiger partial charge in [-0.3, -0.25) is 0 Å². The Morgan fingerprint density at radius 1 is 0.885 bits per heavy atom. The van der Waals surface area contributed by atoms with E-state index in [0.29, 0.717) is 23.5 Å². The number of hydrogen-bond donors (Lipinski definition) is 0. The van der Waals surface area contributed by atoms with E-state index in [0.717, 1.165) is 10.9 Å². The zero-order chi connectivity index (χ0) is 18.3. The molecule has 1 heterocycles. The third-order valence-electron chi connectivity index (χ3n) is 5.09. The quantitative estimate of drug-likeness (QED) is 0.464. The average Bonchev–Trinajstić information content (AvgIpc) is 2.65. The summed E-state index contributed by atoms with van der Waals surface area (Å²) in [5.74, 6) is 0.691. The molecular weight excluding hydrogens is 324 g/mol. The molecule has 0 radical (unpaired) electrons. The van der Waals surface area contributed by atoms with Crippen LogP contribution in [0.25, 0.3) is 21.7 Å². The Kier molecular flexibility index (Phi) is 4.00. The Morgan fingerprint density at radius 2 is 1.69 bits per heavy atom. The lowest BCUT2D eigenvalue weighted by Gasteiger charge is -2.13. The fraction of sp³-hybridized carbons (Fsp3) is 0.174. The lowest BCUT2D eigenvalue weighted by Crippen LogP contribution is -2.05. The first-order chi connectivity index (χ1) is 12.5. The Balaban J connectivity index is 1.70. The van der Waals surface area contributed by atoms with Gasteiger partial charge in [-0.25, -0.2) is 4.79 Å². The second-order valence-electron chi connectivity index (χ2n) is 6.67. The fourth-order valence-electron chi connectivity index (χ4n) is 3.31. The summed E-state index contributed by atoms with van der Waals surface area (Å²) < 4.78 is 11.5. The highest BCUT2D eigenvalue weighted by molar-refractivity contribution is 5.86. The SMILES string of the molecule is Cc1ccc2ccccc2c1COc1ccc2c(C)c(C)c(=O)oc2c1. The lowest BCUT2D eigenvalue weighted by atomic mass is 10.0. The van der Waals surface area contributed by atoms with Gasteiger partial charge in [0.2, 0.25) is 0 Å². The average molecular weight is 344 g/mol. The first kappa shape index (κ1) is 16.4. The van der Waals surface area contributed by atoms with Crippen molar-refractivity contribution in [3.8, 4) is 5.75 Å². The van der Waals surface area contributed by atoms with Gasteiger partial charge in [-0.05, 0) is 54.8 Å². The van der Waals surface area contributed by atoms with Crippen molar-refractivity contribution in [3.05, 3.63) is 87.3 Å². The molecule has 3 heteroatoms. The summed E-state index contributed by atoms with van der Waals surface area (Å²) in [6.07, 6.45) is 0. The van der Waals surface area contributed by atoms with Gasteiger partial charge < -0.3 is 9.15 Å². The van der Waals surface area contributed by atoms with Gasteiger partial charge in [0, 0.05) is 22.6 Å². The monoisotopic (exact) mass is 344 g/mol. The van der Waals surface area contributed by atoms with Crippen molar-refractivity contribution < 1.29 is 9.15 Å². The molecule has 1 aromatic heterocycles. The van der Waals surface area contributed by atoms with Crippen LogP contribution >= 0.6 is 0 Å². The van der Waals surface area contributed by atoms with Crippen LogP contribution in [0.2, 0.25) is 0 Å². The van der Waals surface area contributed by atoms with Crippen molar-refractivity contribution in [3.63, 3.8) is 0 Å². The first-order valence-electron chi connectivity index (χ1n) is 8.68. The summed E-state index contributed by atoms with van der Waals surface area (Å²) in [4.78, 5) is 11.9. The molecule has 0 fully saturated rings. The molecule has 0 unspecified atom stereocenters. The zero-order valence-corrected chi connectivity index (χ0v) is 15.1. The van der Waals surface area contributed by atoms with Gasteiger partial charge in [0.25, 0.3) is 0 Å². The molecule has 3 aromatic carbocycles. The molecule has 0 N–H and O–H groups in total. The molecule has 0 aliphatic rings. The Morgan fingerprint density at radius 3 is 2.54 bits per heavy atom. The van der Waals surface area contributed by atoms with Gasteiger partial charge in [-0.2, -0.15) is 0 Å². The summed E-state index contributed by atoms with van der Waals surface area (Å²) in [6.45, 7) is 6.29. The zero-order valence-electron chi connectivity index (χ0n) is 15.1. The highest BCUT2D eigenvalue weighted by Gasteiger charge is 2.10. The molecule has 0 saturated heterocycles. The maximum atomic E-state index is 11.9. The first-order valence-corrected chi connectivity index (χ1v) is 8.68. The van der Waals surface area contributed by atoms with Crippen LogP contribution in [0.5, 0.6) is 5.75 Å². The predicted octanol–water partition coefficient (Wildman–Crippen LogP) is 5.45. The molecule has 0 atom stereocenters. The van der Waals surface area contributed by atoms with Gasteiger partial charge in [-0.15, -0.1) is 0 Å². The van der Waals surface area contributed by atoms with E-state index >= 15 is 0 Å². The van der Waals surface area contributed by atoms with Crippen LogP contribution in [0.4, 0.5) is 0 Å². The number of rotatable bonds is 3. The summed E-state index contributed by atoms with van der Waals surface area (Å²) in [5.41, 5.74) is 4.24. The van der Waals surface area contributed by atoms with Crippen molar-refractivity contribution in [1.29, 1.82) is 0 Å². The van der Waals surface area contributed by atoms with Crippen LogP contribution in [0.1, 0.15) is 22.3 Å². The number of fused-ring (bicyclic) bond motifs is 2. The number of ether oxygens (including phenoxy) is 1. The Hall–Kier alpha value is -3.07. The van der Waals surface area contributed by atoms with Gasteiger partial charge in [-0.1, -0.05) is 36.4 Å². The molecule has 0 aliphatic carbocycles. The van der Waals surface area contributed by atoms with E-state index in [1.165, 1.54) is 21.9 Å². The molecule has 0 aliphatic heterocycles. The standard InChI is InChI=1S/C23H20O3/c1-14-8-9-17-6-4-5-7-20(17)21(14)13-25-18-10-11-19-15(2)16(3)23(24)26-22(19)12-18/h4-12H,13H2,1-3H3. The molecule has 0 amide bonds. The maximum absolute atomic E-state index is 11.9. The molecule has 4 aromatic rings. The fourth-order valence-corrected chi connectivity index (χ4v) is 3.31. The maximum Gasteiger partial charge on any atom is 0.339 e. The van der Waals surface area contributed by atoms with E-state index in [2.05, 4.69) is 31.2 Å². The highest BCUT2D eigenvalue weighted by Crippen LogP contribution is 2.27. The second kappa shape index (κ2) is 6.34. The van der Waals surface area contributed by atoms with Crippen molar-refractivity contribution in [2.45, 2.75) is 27.4 Å². The van der Waals surface area contributed by atoms with E-state index in [4.69, 9.17) is 9.15 Å². The normalized spacial score (nSPS) is 11.2. The number of benzene rings is 3. The summed E-state index contributed by atoms with van der Waals surface area (Å²) in [7, 11) is 0. The number of aryl methyl sites for hydroxylation is 2. The van der Waals surface area contributed by atoms with E-state index in [-0.39, 0.29) is 5.63 Å². The van der Waals surface area contributed by atoms with Crippen LogP contribution in [-0.2, 0) is 6.61 Å². The van der Waals surface area contributed by atoms with Crippen LogP contribution < -0.4 is 10.4 Å². The molecule has 0 spiro atoms. The van der Waals surface area contributed by atoms with Crippen LogP contribution in [0.15, 0.2) is 63.8 Å². The molecular formula is C23H20O3. The minimum Gasteiger partial charge on any atom is -0.489 e. The summed E-state index contributed by atoms with van der Waals surface area (Å²) in [5, 5.41) is 3.34. The molecule has 26 heavy (non-hydrogen) atoms. The van der Waals surface area contributed by atoms with Gasteiger partial charge >= 0.3 is 5.63 Å². The minimum absolute atomic E-state index is 0.294. The molecule has 0 saturated carbocycles. The van der Waals surface area contributed by atoms with Gasteiger partial charge in [0.15, 0.2) is 0 Å². The highest BCUT2D eigenvalue weighted by atomic mass is 16.5. The molecule has 130 valence electrons. The summed E-state index contributed by atoms with van der Waals surface area (Å²) in [6, 6.07) is 18.2. The predicted molar refractivity (Wildman–Crippen MR) is 105 cm³/mol. The van der Waals surface area contributed by atoms with Crippen LogP contribution in [0.3, 0.4) is 0 Å². The van der Waals surface area contributed by atoms with Crippen LogP contribution in [-0.4, -0.2) is 0 Å². The van der Waals surface area contributed by atoms with Gasteiger partial charge in [0.05, 0.1) is 0 Å². The third-order valence-corrected chi connectivity index (χ3v) is 5.09. The Bertz CT molecular complexity index is 1190. The van der Waals surface area contributed by atoms with Crippen molar-refractivity contribution in [2.24, 2.45) is 0 Å². The molecule has 4 rings (SSSR count). The second-order valence-corrected chi connectivity index (χ2v) is 6.67. The third kappa shape index (κ3) is 2.76. The van der Waals surface area contributed by atoms with E-state index < -0.39 is 0 Å². The van der Waals surface area contributed by atoms with E-state index in [1.54, 1.807) is 13.0 Å². The van der Waals surface area contributed by atoms with E-state index in [1.807, 2.05) is 31.2 Å². The van der Waals surface area contributed by atoms with Crippen LogP contribution in [0, 0.1) is 20.8 Å². The van der Waals surface area contributed by atoms with Crippen molar-refractivity contribution >= 4 is 21.7 Å². The van der Waals surface area contributed by atoms with E-state index in [9.17, 15) is 4.79 Å².